The van der Waals surface area contributed by atoms with Gasteiger partial charge in [-0.3, -0.25) is 4.99 Å². The number of para-hydroxylation sites is 2. The minimum atomic E-state index is -0.0163. The van der Waals surface area contributed by atoms with E-state index in [9.17, 15) is 0 Å². The van der Waals surface area contributed by atoms with Crippen molar-refractivity contribution in [3.63, 3.8) is 0 Å². The first-order chi connectivity index (χ1) is 14.5. The Morgan fingerprint density at radius 1 is 1.03 bits per heavy atom. The molecular formula is C23H42IN5O2. The van der Waals surface area contributed by atoms with Gasteiger partial charge in [0.15, 0.2) is 17.5 Å². The molecule has 1 aromatic rings. The molecule has 0 amide bonds. The SMILES string of the molecule is CCNC(=NCC(C)CN1CCN(CC)CC1)NCC(C)Oc1ccccc1OC.I. The number of halogens is 1. The lowest BCUT2D eigenvalue weighted by atomic mass is 10.1. The third kappa shape index (κ3) is 10.3. The highest BCUT2D eigenvalue weighted by Gasteiger charge is 2.17. The van der Waals surface area contributed by atoms with Crippen molar-refractivity contribution in [1.82, 2.24) is 20.4 Å². The second-order valence-electron chi connectivity index (χ2n) is 8.02. The first-order valence-electron chi connectivity index (χ1n) is 11.3. The van der Waals surface area contributed by atoms with Crippen LogP contribution in [0.15, 0.2) is 29.3 Å². The number of benzene rings is 1. The number of aliphatic imine (C=N–C) groups is 1. The summed E-state index contributed by atoms with van der Waals surface area (Å²) < 4.78 is 11.4. The Balaban J connectivity index is 0.00000480. The highest BCUT2D eigenvalue weighted by atomic mass is 127. The zero-order valence-electron chi connectivity index (χ0n) is 19.9. The van der Waals surface area contributed by atoms with E-state index in [2.05, 4.69) is 41.2 Å². The maximum Gasteiger partial charge on any atom is 0.191 e. The number of piperazine rings is 1. The molecule has 2 N–H and O–H groups in total. The summed E-state index contributed by atoms with van der Waals surface area (Å²) in [6.07, 6.45) is -0.0163. The molecule has 178 valence electrons. The maximum atomic E-state index is 6.03. The number of nitrogens with zero attached hydrogens (tertiary/aromatic N) is 3. The van der Waals surface area contributed by atoms with Crippen molar-refractivity contribution in [1.29, 1.82) is 0 Å². The Morgan fingerprint density at radius 2 is 1.68 bits per heavy atom. The number of likely N-dealkylation sites (N-methyl/N-ethyl adjacent to an activating group) is 1. The van der Waals surface area contributed by atoms with Gasteiger partial charge in [0, 0.05) is 45.8 Å². The number of ether oxygens (including phenoxy) is 2. The molecule has 0 radical (unpaired) electrons. The summed E-state index contributed by atoms with van der Waals surface area (Å²) in [7, 11) is 1.66. The number of hydrogen-bond donors (Lipinski definition) is 2. The molecule has 1 aliphatic rings. The Bertz CT molecular complexity index is 638. The molecule has 1 fully saturated rings. The summed E-state index contributed by atoms with van der Waals surface area (Å²) in [6, 6.07) is 7.73. The van der Waals surface area contributed by atoms with E-state index in [1.807, 2.05) is 31.2 Å². The zero-order chi connectivity index (χ0) is 21.8. The Hall–Kier alpha value is -1.26. The Morgan fingerprint density at radius 3 is 2.29 bits per heavy atom. The van der Waals surface area contributed by atoms with Crippen LogP contribution in [0.3, 0.4) is 0 Å². The minimum absolute atomic E-state index is 0. The molecule has 0 aromatic heterocycles. The minimum Gasteiger partial charge on any atom is -0.493 e. The van der Waals surface area contributed by atoms with Crippen molar-refractivity contribution in [2.45, 2.75) is 33.8 Å². The van der Waals surface area contributed by atoms with E-state index in [0.717, 1.165) is 56.7 Å². The first-order valence-corrected chi connectivity index (χ1v) is 11.3. The van der Waals surface area contributed by atoms with Crippen molar-refractivity contribution in [3.8, 4) is 11.5 Å². The van der Waals surface area contributed by atoms with Gasteiger partial charge in [-0.05, 0) is 38.4 Å². The Labute approximate surface area is 206 Å². The molecule has 0 spiro atoms. The Kier molecular flexibility index (Phi) is 13.9. The molecule has 2 rings (SSSR count). The molecule has 1 aliphatic heterocycles. The van der Waals surface area contributed by atoms with Gasteiger partial charge in [-0.25, -0.2) is 0 Å². The van der Waals surface area contributed by atoms with Gasteiger partial charge >= 0.3 is 0 Å². The molecule has 8 heteroatoms. The van der Waals surface area contributed by atoms with E-state index in [-0.39, 0.29) is 30.1 Å². The molecule has 1 heterocycles. The van der Waals surface area contributed by atoms with Gasteiger partial charge in [-0.15, -0.1) is 24.0 Å². The molecule has 1 aromatic carbocycles. The average Bonchev–Trinajstić information content (AvgIpc) is 2.76. The lowest BCUT2D eigenvalue weighted by Gasteiger charge is -2.35. The highest BCUT2D eigenvalue weighted by molar-refractivity contribution is 14.0. The van der Waals surface area contributed by atoms with Crippen molar-refractivity contribution >= 4 is 29.9 Å². The van der Waals surface area contributed by atoms with Crippen LogP contribution in [0.25, 0.3) is 0 Å². The summed E-state index contributed by atoms with van der Waals surface area (Å²) >= 11 is 0. The van der Waals surface area contributed by atoms with E-state index >= 15 is 0 Å². The van der Waals surface area contributed by atoms with Gasteiger partial charge in [0.25, 0.3) is 0 Å². The fraction of sp³-hybridized carbons (Fsp3) is 0.696. The lowest BCUT2D eigenvalue weighted by molar-refractivity contribution is 0.125. The fourth-order valence-electron chi connectivity index (χ4n) is 3.59. The van der Waals surface area contributed by atoms with Crippen LogP contribution in [-0.2, 0) is 0 Å². The summed E-state index contributed by atoms with van der Waals surface area (Å²) in [4.78, 5) is 9.88. The number of nitrogens with one attached hydrogen (secondary N) is 2. The van der Waals surface area contributed by atoms with Gasteiger partial charge in [-0.2, -0.15) is 0 Å². The first kappa shape index (κ1) is 27.8. The van der Waals surface area contributed by atoms with Crippen LogP contribution in [0.4, 0.5) is 0 Å². The van der Waals surface area contributed by atoms with Crippen molar-refractivity contribution in [2.24, 2.45) is 10.9 Å². The summed E-state index contributed by atoms with van der Waals surface area (Å²) in [5.74, 6) is 2.87. The fourth-order valence-corrected chi connectivity index (χ4v) is 3.59. The standard InChI is InChI=1S/C23H41N5O2.HI/c1-6-24-23(25-16-19(3)18-28-14-12-27(7-2)13-15-28)26-17-20(4)30-22-11-9-8-10-21(22)29-5;/h8-11,19-20H,6-7,12-18H2,1-5H3,(H2,24,25,26);1H. The van der Waals surface area contributed by atoms with Gasteiger partial charge < -0.3 is 29.9 Å². The molecule has 0 bridgehead atoms. The predicted octanol–water partition coefficient (Wildman–Crippen LogP) is 2.91. The number of hydrogen-bond acceptors (Lipinski definition) is 5. The summed E-state index contributed by atoms with van der Waals surface area (Å²) in [6.45, 7) is 17.9. The summed E-state index contributed by atoms with van der Waals surface area (Å²) in [5, 5.41) is 6.74. The van der Waals surface area contributed by atoms with Crippen molar-refractivity contribution in [2.75, 3.05) is 66.0 Å². The monoisotopic (exact) mass is 547 g/mol. The number of methoxy groups -OCH3 is 1. The van der Waals surface area contributed by atoms with Crippen LogP contribution in [0, 0.1) is 5.92 Å². The average molecular weight is 548 g/mol. The second kappa shape index (κ2) is 15.5. The van der Waals surface area contributed by atoms with Crippen LogP contribution in [0.5, 0.6) is 11.5 Å². The van der Waals surface area contributed by atoms with Crippen LogP contribution < -0.4 is 20.1 Å². The van der Waals surface area contributed by atoms with Gasteiger partial charge in [0.1, 0.15) is 6.10 Å². The smallest absolute Gasteiger partial charge is 0.191 e. The van der Waals surface area contributed by atoms with E-state index in [0.29, 0.717) is 12.5 Å². The third-order valence-corrected chi connectivity index (χ3v) is 5.34. The van der Waals surface area contributed by atoms with Crippen LogP contribution in [0.1, 0.15) is 27.7 Å². The van der Waals surface area contributed by atoms with Crippen molar-refractivity contribution in [3.05, 3.63) is 24.3 Å². The van der Waals surface area contributed by atoms with E-state index in [1.165, 1.54) is 13.1 Å². The predicted molar refractivity (Wildman–Crippen MR) is 140 cm³/mol. The summed E-state index contributed by atoms with van der Waals surface area (Å²) in [5.41, 5.74) is 0. The van der Waals surface area contributed by atoms with Crippen molar-refractivity contribution < 1.29 is 9.47 Å². The second-order valence-corrected chi connectivity index (χ2v) is 8.02. The molecule has 0 saturated carbocycles. The molecule has 2 unspecified atom stereocenters. The van der Waals surface area contributed by atoms with E-state index in [4.69, 9.17) is 14.5 Å². The third-order valence-electron chi connectivity index (χ3n) is 5.34. The quantitative estimate of drug-likeness (QED) is 0.253. The molecule has 1 saturated heterocycles. The number of guanidine groups is 1. The van der Waals surface area contributed by atoms with Crippen LogP contribution in [-0.4, -0.2) is 87.9 Å². The largest absolute Gasteiger partial charge is 0.493 e. The lowest BCUT2D eigenvalue weighted by Crippen LogP contribution is -2.47. The molecule has 31 heavy (non-hydrogen) atoms. The van der Waals surface area contributed by atoms with Crippen LogP contribution >= 0.6 is 24.0 Å². The zero-order valence-corrected chi connectivity index (χ0v) is 22.2. The van der Waals surface area contributed by atoms with Crippen LogP contribution in [0.2, 0.25) is 0 Å². The van der Waals surface area contributed by atoms with Gasteiger partial charge in [0.2, 0.25) is 0 Å². The number of rotatable bonds is 11. The molecule has 0 aliphatic carbocycles. The topological polar surface area (TPSA) is 61.4 Å². The normalized spacial score (nSPS) is 17.4. The molecule has 7 nitrogen and oxygen atoms in total. The van der Waals surface area contributed by atoms with E-state index in [1.54, 1.807) is 7.11 Å². The maximum absolute atomic E-state index is 6.03. The van der Waals surface area contributed by atoms with E-state index < -0.39 is 0 Å². The highest BCUT2D eigenvalue weighted by Crippen LogP contribution is 2.26. The molecule has 2 atom stereocenters. The van der Waals surface area contributed by atoms with Gasteiger partial charge in [0.05, 0.1) is 13.7 Å². The van der Waals surface area contributed by atoms with Gasteiger partial charge in [-0.1, -0.05) is 26.0 Å². The molecular weight excluding hydrogens is 505 g/mol.